The van der Waals surface area contributed by atoms with Crippen molar-refractivity contribution in [2.24, 2.45) is 0 Å². The van der Waals surface area contributed by atoms with E-state index in [0.29, 0.717) is 0 Å². The molecule has 1 atom stereocenters. The van der Waals surface area contributed by atoms with Crippen LogP contribution in [0.2, 0.25) is 5.02 Å². The van der Waals surface area contributed by atoms with Gasteiger partial charge in [-0.3, -0.25) is 0 Å². The van der Waals surface area contributed by atoms with Crippen LogP contribution in [0.15, 0.2) is 18.2 Å². The van der Waals surface area contributed by atoms with Gasteiger partial charge in [0.05, 0.1) is 17.5 Å². The molecule has 21 heavy (non-hydrogen) atoms. The van der Waals surface area contributed by atoms with Gasteiger partial charge in [0.1, 0.15) is 5.82 Å². The van der Waals surface area contributed by atoms with Gasteiger partial charge in [0.2, 0.25) is 0 Å². The molecule has 1 N–H and O–H groups in total. The van der Waals surface area contributed by atoms with E-state index in [1.165, 1.54) is 17.0 Å². The standard InChI is InChI=1S/C13H16ClFN2O3S/c1-9(12-10(14)3-2-4-11(12)15)16-13(18)17-5-7-21(19,20)8-6-17/h2-4,9H,5-8H2,1H3,(H,16,18)/t9-/m0/s1. The molecule has 2 amide bonds. The maximum atomic E-state index is 13.8. The molecule has 116 valence electrons. The summed E-state index contributed by atoms with van der Waals surface area (Å²) in [6, 6.07) is 3.29. The van der Waals surface area contributed by atoms with Crippen LogP contribution in [-0.4, -0.2) is 43.9 Å². The lowest BCUT2D eigenvalue weighted by Gasteiger charge is -2.28. The van der Waals surface area contributed by atoms with Gasteiger partial charge in [0, 0.05) is 23.7 Å². The van der Waals surface area contributed by atoms with Crippen molar-refractivity contribution in [1.82, 2.24) is 10.2 Å². The average molecular weight is 335 g/mol. The van der Waals surface area contributed by atoms with Crippen LogP contribution in [0.3, 0.4) is 0 Å². The van der Waals surface area contributed by atoms with Crippen molar-refractivity contribution < 1.29 is 17.6 Å². The second kappa shape index (κ2) is 6.19. The summed E-state index contributed by atoms with van der Waals surface area (Å²) in [5.74, 6) is -0.582. The van der Waals surface area contributed by atoms with Crippen molar-refractivity contribution >= 4 is 27.5 Å². The number of rotatable bonds is 2. The number of amides is 2. The molecule has 8 heteroatoms. The van der Waals surface area contributed by atoms with Gasteiger partial charge in [-0.2, -0.15) is 0 Å². The third-order valence-electron chi connectivity index (χ3n) is 3.40. The van der Waals surface area contributed by atoms with Gasteiger partial charge in [-0.1, -0.05) is 17.7 Å². The first kappa shape index (κ1) is 16.0. The number of hydrogen-bond acceptors (Lipinski definition) is 3. The summed E-state index contributed by atoms with van der Waals surface area (Å²) >= 11 is 5.95. The molecule has 1 aromatic carbocycles. The van der Waals surface area contributed by atoms with Crippen LogP contribution >= 0.6 is 11.6 Å². The van der Waals surface area contributed by atoms with Crippen LogP contribution in [0.25, 0.3) is 0 Å². The quantitative estimate of drug-likeness (QED) is 0.899. The Bertz CT molecular complexity index is 617. The van der Waals surface area contributed by atoms with Crippen molar-refractivity contribution in [2.75, 3.05) is 24.6 Å². The first-order valence-corrected chi connectivity index (χ1v) is 8.70. The van der Waals surface area contributed by atoms with Crippen LogP contribution in [0.5, 0.6) is 0 Å². The van der Waals surface area contributed by atoms with Gasteiger partial charge < -0.3 is 10.2 Å². The Balaban J connectivity index is 2.03. The zero-order valence-electron chi connectivity index (χ0n) is 11.5. The third-order valence-corrected chi connectivity index (χ3v) is 5.34. The maximum Gasteiger partial charge on any atom is 0.317 e. The Hall–Kier alpha value is -1.34. The van der Waals surface area contributed by atoms with Gasteiger partial charge >= 0.3 is 6.03 Å². The van der Waals surface area contributed by atoms with Crippen molar-refractivity contribution in [3.63, 3.8) is 0 Å². The van der Waals surface area contributed by atoms with Gasteiger partial charge in [-0.25, -0.2) is 17.6 Å². The van der Waals surface area contributed by atoms with Crippen LogP contribution < -0.4 is 5.32 Å². The number of nitrogens with zero attached hydrogens (tertiary/aromatic N) is 1. The number of nitrogens with one attached hydrogen (secondary N) is 1. The monoisotopic (exact) mass is 334 g/mol. The molecule has 5 nitrogen and oxygen atoms in total. The molecule has 1 fully saturated rings. The zero-order valence-corrected chi connectivity index (χ0v) is 13.0. The molecule has 1 aromatic rings. The van der Waals surface area contributed by atoms with Crippen molar-refractivity contribution in [2.45, 2.75) is 13.0 Å². The molecule has 1 heterocycles. The van der Waals surface area contributed by atoms with Crippen LogP contribution in [0, 0.1) is 5.82 Å². The molecule has 0 aliphatic carbocycles. The number of urea groups is 1. The number of hydrogen-bond donors (Lipinski definition) is 1. The Morgan fingerprint density at radius 1 is 1.38 bits per heavy atom. The molecule has 1 aliphatic heterocycles. The summed E-state index contributed by atoms with van der Waals surface area (Å²) in [4.78, 5) is 13.5. The van der Waals surface area contributed by atoms with Crippen LogP contribution in [0.1, 0.15) is 18.5 Å². The van der Waals surface area contributed by atoms with Gasteiger partial charge in [0.25, 0.3) is 0 Å². The minimum absolute atomic E-state index is 0.0464. The molecule has 0 saturated carbocycles. The summed E-state index contributed by atoms with van der Waals surface area (Å²) in [5.41, 5.74) is 0.220. The van der Waals surface area contributed by atoms with Crippen LogP contribution in [-0.2, 0) is 9.84 Å². The van der Waals surface area contributed by atoms with E-state index in [9.17, 15) is 17.6 Å². The van der Waals surface area contributed by atoms with Crippen molar-refractivity contribution in [1.29, 1.82) is 0 Å². The SMILES string of the molecule is C[C@H](NC(=O)N1CCS(=O)(=O)CC1)c1c(F)cccc1Cl. The van der Waals surface area contributed by atoms with Crippen LogP contribution in [0.4, 0.5) is 9.18 Å². The molecule has 0 aromatic heterocycles. The fourth-order valence-electron chi connectivity index (χ4n) is 2.19. The Morgan fingerprint density at radius 3 is 2.57 bits per heavy atom. The molecule has 0 unspecified atom stereocenters. The average Bonchev–Trinajstić information content (AvgIpc) is 2.38. The minimum atomic E-state index is -3.05. The predicted octanol–water partition coefficient (Wildman–Crippen LogP) is 1.98. The Labute approximate surface area is 128 Å². The summed E-state index contributed by atoms with van der Waals surface area (Å²) in [6.07, 6.45) is 0. The molecule has 0 spiro atoms. The highest BCUT2D eigenvalue weighted by atomic mass is 35.5. The summed E-state index contributed by atoms with van der Waals surface area (Å²) in [6.45, 7) is 1.92. The van der Waals surface area contributed by atoms with Crippen molar-refractivity contribution in [3.05, 3.63) is 34.6 Å². The number of carbonyl (C=O) groups is 1. The van der Waals surface area contributed by atoms with Crippen molar-refractivity contribution in [3.8, 4) is 0 Å². The highest BCUT2D eigenvalue weighted by Crippen LogP contribution is 2.25. The first-order chi connectivity index (χ1) is 9.80. The minimum Gasteiger partial charge on any atom is -0.331 e. The van der Waals surface area contributed by atoms with E-state index >= 15 is 0 Å². The molecule has 1 aliphatic rings. The number of sulfone groups is 1. The van der Waals surface area contributed by atoms with Gasteiger partial charge in [-0.05, 0) is 19.1 Å². The molecular weight excluding hydrogens is 319 g/mol. The van der Waals surface area contributed by atoms with E-state index in [-0.39, 0.29) is 35.2 Å². The lowest BCUT2D eigenvalue weighted by atomic mass is 10.1. The number of halogens is 2. The van der Waals surface area contributed by atoms with E-state index in [1.54, 1.807) is 13.0 Å². The van der Waals surface area contributed by atoms with E-state index in [1.807, 2.05) is 0 Å². The lowest BCUT2D eigenvalue weighted by molar-refractivity contribution is 0.198. The second-order valence-electron chi connectivity index (χ2n) is 4.95. The molecule has 2 rings (SSSR count). The second-order valence-corrected chi connectivity index (χ2v) is 7.66. The summed E-state index contributed by atoms with van der Waals surface area (Å²) < 4.78 is 36.4. The summed E-state index contributed by atoms with van der Waals surface area (Å²) in [5, 5.41) is 2.88. The first-order valence-electron chi connectivity index (χ1n) is 6.50. The van der Waals surface area contributed by atoms with E-state index < -0.39 is 27.7 Å². The zero-order chi connectivity index (χ0) is 15.6. The van der Waals surface area contributed by atoms with Gasteiger partial charge in [-0.15, -0.1) is 0 Å². The molecule has 0 radical (unpaired) electrons. The summed E-state index contributed by atoms with van der Waals surface area (Å²) in [7, 11) is -3.05. The topological polar surface area (TPSA) is 66.5 Å². The normalized spacial score (nSPS) is 19.1. The fourth-order valence-corrected chi connectivity index (χ4v) is 3.72. The molecule has 1 saturated heterocycles. The fraction of sp³-hybridized carbons (Fsp3) is 0.462. The van der Waals surface area contributed by atoms with E-state index in [4.69, 9.17) is 11.6 Å². The highest BCUT2D eigenvalue weighted by Gasteiger charge is 2.26. The van der Waals surface area contributed by atoms with E-state index in [0.717, 1.165) is 0 Å². The predicted molar refractivity (Wildman–Crippen MR) is 78.6 cm³/mol. The largest absolute Gasteiger partial charge is 0.331 e. The van der Waals surface area contributed by atoms with E-state index in [2.05, 4.69) is 5.32 Å². The smallest absolute Gasteiger partial charge is 0.317 e. The maximum absolute atomic E-state index is 13.8. The Kier molecular flexibility index (Phi) is 4.73. The highest BCUT2D eigenvalue weighted by molar-refractivity contribution is 7.91. The number of carbonyl (C=O) groups excluding carboxylic acids is 1. The molecular formula is C13H16ClFN2O3S. The Morgan fingerprint density at radius 2 is 2.00 bits per heavy atom. The molecule has 0 bridgehead atoms. The lowest BCUT2D eigenvalue weighted by Crippen LogP contribution is -2.48. The third kappa shape index (κ3) is 3.85. The van der Waals surface area contributed by atoms with Gasteiger partial charge in [0.15, 0.2) is 9.84 Å². The number of benzene rings is 1.